The van der Waals surface area contributed by atoms with E-state index in [1.165, 1.54) is 12.1 Å². The normalized spacial score (nSPS) is 9.56. The molecule has 0 heterocycles. The third-order valence-electron chi connectivity index (χ3n) is 1.91. The minimum atomic E-state index is -0.458. The monoisotopic (exact) mass is 239 g/mol. The lowest BCUT2D eigenvalue weighted by Gasteiger charge is -2.06. The Kier molecular flexibility index (Phi) is 4.15. The Bertz CT molecular complexity index is 451. The molecule has 0 aliphatic heterocycles. The summed E-state index contributed by atoms with van der Waals surface area (Å²) in [5.41, 5.74) is 0.554. The minimum absolute atomic E-state index is 0.0785. The molecule has 1 rings (SSSR count). The molecule has 0 spiro atoms. The minimum Gasteiger partial charge on any atom is -0.508 e. The summed E-state index contributed by atoms with van der Waals surface area (Å²) in [6.07, 6.45) is -0.0785. The Balaban J connectivity index is 3.04. The highest BCUT2D eigenvalue weighted by Crippen LogP contribution is 2.25. The van der Waals surface area contributed by atoms with Crippen LogP contribution in [-0.2, 0) is 16.0 Å². The number of ether oxygens (including phenoxy) is 1. The lowest BCUT2D eigenvalue weighted by Crippen LogP contribution is -2.08. The number of rotatable bonds is 3. The van der Waals surface area contributed by atoms with Crippen LogP contribution in [0.5, 0.6) is 5.75 Å². The van der Waals surface area contributed by atoms with Gasteiger partial charge >= 0.3 is 5.97 Å². The first-order chi connectivity index (χ1) is 7.58. The number of esters is 1. The molecule has 0 fully saturated rings. The molecule has 84 valence electrons. The van der Waals surface area contributed by atoms with Crippen molar-refractivity contribution in [2.75, 3.05) is 6.61 Å². The lowest BCUT2D eigenvalue weighted by molar-refractivity contribution is -0.142. The summed E-state index contributed by atoms with van der Waals surface area (Å²) >= 11 is 5.76. The molecule has 4 nitrogen and oxygen atoms in total. The Morgan fingerprint density at radius 1 is 1.62 bits per heavy atom. The summed E-state index contributed by atoms with van der Waals surface area (Å²) < 4.78 is 4.75. The van der Waals surface area contributed by atoms with Crippen molar-refractivity contribution in [1.82, 2.24) is 0 Å². The van der Waals surface area contributed by atoms with Crippen LogP contribution in [0.2, 0.25) is 5.02 Å². The van der Waals surface area contributed by atoms with E-state index in [9.17, 15) is 9.90 Å². The number of hydrogen-bond acceptors (Lipinski definition) is 4. The first-order valence-corrected chi connectivity index (χ1v) is 5.03. The number of hydrogen-bond donors (Lipinski definition) is 1. The molecule has 0 atom stereocenters. The third-order valence-corrected chi connectivity index (χ3v) is 2.21. The molecule has 0 aliphatic carbocycles. The molecule has 1 N–H and O–H groups in total. The topological polar surface area (TPSA) is 70.3 Å². The van der Waals surface area contributed by atoms with E-state index >= 15 is 0 Å². The number of halogens is 1. The second kappa shape index (κ2) is 5.38. The van der Waals surface area contributed by atoms with Crippen LogP contribution < -0.4 is 0 Å². The van der Waals surface area contributed by atoms with Crippen LogP contribution in [0.1, 0.15) is 18.1 Å². The summed E-state index contributed by atoms with van der Waals surface area (Å²) in [7, 11) is 0. The molecule has 0 radical (unpaired) electrons. The van der Waals surface area contributed by atoms with Gasteiger partial charge in [-0.3, -0.25) is 4.79 Å². The van der Waals surface area contributed by atoms with Gasteiger partial charge in [0.05, 0.1) is 23.6 Å². The van der Waals surface area contributed by atoms with E-state index in [4.69, 9.17) is 21.6 Å². The van der Waals surface area contributed by atoms with Gasteiger partial charge in [0, 0.05) is 0 Å². The fraction of sp³-hybridized carbons (Fsp3) is 0.273. The molecule has 5 heteroatoms. The Morgan fingerprint density at radius 3 is 2.88 bits per heavy atom. The summed E-state index contributed by atoms with van der Waals surface area (Å²) in [4.78, 5) is 11.2. The second-order valence-corrected chi connectivity index (χ2v) is 3.46. The summed E-state index contributed by atoms with van der Waals surface area (Å²) in [5, 5.41) is 18.3. The van der Waals surface area contributed by atoms with E-state index in [1.807, 2.05) is 6.07 Å². The van der Waals surface area contributed by atoms with Gasteiger partial charge in [0.25, 0.3) is 0 Å². The molecule has 0 unspecified atom stereocenters. The first kappa shape index (κ1) is 12.3. The van der Waals surface area contributed by atoms with Crippen molar-refractivity contribution >= 4 is 17.6 Å². The van der Waals surface area contributed by atoms with Gasteiger partial charge in [0.2, 0.25) is 0 Å². The molecule has 0 aromatic heterocycles. The van der Waals surface area contributed by atoms with Gasteiger partial charge in [-0.1, -0.05) is 11.6 Å². The molecule has 0 bridgehead atoms. The highest BCUT2D eigenvalue weighted by atomic mass is 35.5. The van der Waals surface area contributed by atoms with Crippen molar-refractivity contribution in [2.24, 2.45) is 0 Å². The van der Waals surface area contributed by atoms with Gasteiger partial charge in [-0.25, -0.2) is 0 Å². The van der Waals surface area contributed by atoms with Crippen LogP contribution in [0.25, 0.3) is 0 Å². The molecule has 0 saturated carbocycles. The van der Waals surface area contributed by atoms with E-state index in [0.29, 0.717) is 5.56 Å². The van der Waals surface area contributed by atoms with Crippen LogP contribution in [-0.4, -0.2) is 17.7 Å². The summed E-state index contributed by atoms with van der Waals surface area (Å²) in [6.45, 7) is 1.96. The maximum atomic E-state index is 11.2. The Hall–Kier alpha value is -1.73. The van der Waals surface area contributed by atoms with Crippen molar-refractivity contribution in [3.05, 3.63) is 28.3 Å². The zero-order valence-electron chi connectivity index (χ0n) is 8.66. The molecule has 1 aromatic carbocycles. The van der Waals surface area contributed by atoms with Gasteiger partial charge in [0.15, 0.2) is 0 Å². The van der Waals surface area contributed by atoms with Gasteiger partial charge < -0.3 is 9.84 Å². The van der Waals surface area contributed by atoms with Crippen LogP contribution in [0.3, 0.4) is 0 Å². The van der Waals surface area contributed by atoms with Gasteiger partial charge in [0.1, 0.15) is 11.8 Å². The number of benzene rings is 1. The lowest BCUT2D eigenvalue weighted by atomic mass is 10.1. The molecule has 0 amide bonds. The zero-order valence-corrected chi connectivity index (χ0v) is 9.41. The number of carbonyl (C=O) groups is 1. The quantitative estimate of drug-likeness (QED) is 0.820. The Morgan fingerprint density at radius 2 is 2.31 bits per heavy atom. The third kappa shape index (κ3) is 2.88. The predicted octanol–water partition coefficient (Wildman–Crippen LogP) is 2.02. The fourth-order valence-electron chi connectivity index (χ4n) is 1.28. The van der Waals surface area contributed by atoms with Gasteiger partial charge in [-0.2, -0.15) is 5.26 Å². The van der Waals surface area contributed by atoms with E-state index in [2.05, 4.69) is 0 Å². The van der Waals surface area contributed by atoms with Crippen LogP contribution in [0.15, 0.2) is 12.1 Å². The summed E-state index contributed by atoms with van der Waals surface area (Å²) in [6, 6.07) is 4.48. The van der Waals surface area contributed by atoms with Gasteiger partial charge in [-0.05, 0) is 24.6 Å². The molecule has 0 aliphatic rings. The maximum Gasteiger partial charge on any atom is 0.310 e. The standard InChI is InChI=1S/C11H10ClNO3/c1-2-16-11(15)4-7-3-8(14)5-10(12)9(7)6-13/h3,5,14H,2,4H2,1H3. The summed E-state index contributed by atoms with van der Waals surface area (Å²) in [5.74, 6) is -0.538. The number of phenols is 1. The molecule has 0 saturated heterocycles. The average molecular weight is 240 g/mol. The first-order valence-electron chi connectivity index (χ1n) is 4.65. The van der Waals surface area contributed by atoms with Crippen molar-refractivity contribution < 1.29 is 14.6 Å². The molecule has 16 heavy (non-hydrogen) atoms. The number of nitrogens with zero attached hydrogens (tertiary/aromatic N) is 1. The maximum absolute atomic E-state index is 11.2. The van der Waals surface area contributed by atoms with Crippen molar-refractivity contribution in [3.8, 4) is 11.8 Å². The Labute approximate surface area is 98.0 Å². The number of nitriles is 1. The van der Waals surface area contributed by atoms with E-state index in [1.54, 1.807) is 6.92 Å². The van der Waals surface area contributed by atoms with Crippen molar-refractivity contribution in [3.63, 3.8) is 0 Å². The van der Waals surface area contributed by atoms with E-state index in [-0.39, 0.29) is 29.4 Å². The number of carbonyl (C=O) groups excluding carboxylic acids is 1. The zero-order chi connectivity index (χ0) is 12.1. The predicted molar refractivity (Wildman–Crippen MR) is 58.2 cm³/mol. The van der Waals surface area contributed by atoms with Crippen molar-refractivity contribution in [2.45, 2.75) is 13.3 Å². The SMILES string of the molecule is CCOC(=O)Cc1cc(O)cc(Cl)c1C#N. The smallest absolute Gasteiger partial charge is 0.310 e. The van der Waals surface area contributed by atoms with E-state index in [0.717, 1.165) is 0 Å². The molecular weight excluding hydrogens is 230 g/mol. The second-order valence-electron chi connectivity index (χ2n) is 3.06. The largest absolute Gasteiger partial charge is 0.508 e. The molecular formula is C11H10ClNO3. The van der Waals surface area contributed by atoms with Crippen LogP contribution in [0.4, 0.5) is 0 Å². The average Bonchev–Trinajstić information content (AvgIpc) is 2.17. The highest BCUT2D eigenvalue weighted by molar-refractivity contribution is 6.32. The highest BCUT2D eigenvalue weighted by Gasteiger charge is 2.13. The number of phenolic OH excluding ortho intramolecular Hbond substituents is 1. The van der Waals surface area contributed by atoms with Crippen LogP contribution in [0, 0.1) is 11.3 Å². The van der Waals surface area contributed by atoms with E-state index < -0.39 is 5.97 Å². The molecule has 1 aromatic rings. The van der Waals surface area contributed by atoms with Crippen LogP contribution >= 0.6 is 11.6 Å². The fourth-order valence-corrected chi connectivity index (χ4v) is 1.56. The number of aromatic hydroxyl groups is 1. The van der Waals surface area contributed by atoms with Crippen molar-refractivity contribution in [1.29, 1.82) is 5.26 Å². The van der Waals surface area contributed by atoms with Gasteiger partial charge in [-0.15, -0.1) is 0 Å².